The monoisotopic (exact) mass is 180 g/mol. The zero-order valence-corrected chi connectivity index (χ0v) is 7.75. The number of amides is 1. The van der Waals surface area contributed by atoms with Crippen molar-refractivity contribution in [1.82, 2.24) is 10.6 Å². The maximum Gasteiger partial charge on any atom is 0.224 e. The number of hydrogen-bond donors (Lipinski definition) is 2. The largest absolute Gasteiger partial charge is 0.352 e. The van der Waals surface area contributed by atoms with Gasteiger partial charge in [-0.1, -0.05) is 12.2 Å². The van der Waals surface area contributed by atoms with Crippen LogP contribution in [0.5, 0.6) is 0 Å². The summed E-state index contributed by atoms with van der Waals surface area (Å²) in [6.45, 7) is 1.84. The minimum atomic E-state index is 0.209. The van der Waals surface area contributed by atoms with Crippen molar-refractivity contribution < 1.29 is 4.79 Å². The third-order valence-corrected chi connectivity index (χ3v) is 2.79. The van der Waals surface area contributed by atoms with Crippen LogP contribution in [0.1, 0.15) is 19.3 Å². The molecule has 0 aromatic rings. The summed E-state index contributed by atoms with van der Waals surface area (Å²) in [7, 11) is 0. The molecule has 13 heavy (non-hydrogen) atoms. The fourth-order valence-electron chi connectivity index (χ4n) is 1.93. The van der Waals surface area contributed by atoms with Crippen LogP contribution in [0.3, 0.4) is 0 Å². The van der Waals surface area contributed by atoms with E-state index in [9.17, 15) is 4.79 Å². The normalized spacial score (nSPS) is 28.2. The molecule has 0 saturated carbocycles. The lowest BCUT2D eigenvalue weighted by atomic mass is 10.1. The molecular formula is C10H16N2O. The predicted octanol–water partition coefficient (Wildman–Crippen LogP) is 0.431. The molecule has 2 N–H and O–H groups in total. The SMILES string of the molecule is O=C(NC1CC=CC1)C1CCNC1. The molecule has 1 aliphatic carbocycles. The second kappa shape index (κ2) is 3.92. The average Bonchev–Trinajstić information content (AvgIpc) is 2.74. The van der Waals surface area contributed by atoms with Gasteiger partial charge in [-0.25, -0.2) is 0 Å². The van der Waals surface area contributed by atoms with Crippen LogP contribution in [0, 0.1) is 5.92 Å². The van der Waals surface area contributed by atoms with Gasteiger partial charge < -0.3 is 10.6 Å². The Morgan fingerprint density at radius 3 is 2.77 bits per heavy atom. The molecule has 1 saturated heterocycles. The lowest BCUT2D eigenvalue weighted by Gasteiger charge is -2.15. The molecule has 1 atom stereocenters. The first-order chi connectivity index (χ1) is 6.36. The number of rotatable bonds is 2. The molecule has 2 rings (SSSR count). The van der Waals surface area contributed by atoms with Crippen molar-refractivity contribution >= 4 is 5.91 Å². The molecule has 0 bridgehead atoms. The van der Waals surface area contributed by atoms with Crippen LogP contribution >= 0.6 is 0 Å². The van der Waals surface area contributed by atoms with E-state index in [1.54, 1.807) is 0 Å². The van der Waals surface area contributed by atoms with Gasteiger partial charge in [0.1, 0.15) is 0 Å². The molecule has 1 amide bonds. The fraction of sp³-hybridized carbons (Fsp3) is 0.700. The molecule has 1 heterocycles. The van der Waals surface area contributed by atoms with Gasteiger partial charge in [0.15, 0.2) is 0 Å². The number of nitrogens with one attached hydrogen (secondary N) is 2. The highest BCUT2D eigenvalue weighted by atomic mass is 16.2. The van der Waals surface area contributed by atoms with Crippen molar-refractivity contribution in [2.45, 2.75) is 25.3 Å². The Morgan fingerprint density at radius 2 is 2.15 bits per heavy atom. The van der Waals surface area contributed by atoms with Gasteiger partial charge in [-0.3, -0.25) is 4.79 Å². The van der Waals surface area contributed by atoms with Crippen molar-refractivity contribution in [3.05, 3.63) is 12.2 Å². The van der Waals surface area contributed by atoms with E-state index >= 15 is 0 Å². The van der Waals surface area contributed by atoms with Gasteiger partial charge in [0, 0.05) is 12.6 Å². The molecule has 3 nitrogen and oxygen atoms in total. The van der Waals surface area contributed by atoms with Crippen molar-refractivity contribution in [3.8, 4) is 0 Å². The van der Waals surface area contributed by atoms with E-state index in [2.05, 4.69) is 22.8 Å². The topological polar surface area (TPSA) is 41.1 Å². The summed E-state index contributed by atoms with van der Waals surface area (Å²) in [6, 6.07) is 0.369. The minimum Gasteiger partial charge on any atom is -0.352 e. The molecule has 3 heteroatoms. The van der Waals surface area contributed by atoms with E-state index < -0.39 is 0 Å². The smallest absolute Gasteiger partial charge is 0.224 e. The first-order valence-corrected chi connectivity index (χ1v) is 5.02. The molecule has 0 spiro atoms. The van der Waals surface area contributed by atoms with E-state index in [-0.39, 0.29) is 11.8 Å². The van der Waals surface area contributed by atoms with Crippen LogP contribution in [-0.2, 0) is 4.79 Å². The van der Waals surface area contributed by atoms with E-state index in [0.29, 0.717) is 6.04 Å². The molecule has 0 aromatic heterocycles. The van der Waals surface area contributed by atoms with Gasteiger partial charge >= 0.3 is 0 Å². The number of carbonyl (C=O) groups is 1. The van der Waals surface area contributed by atoms with Gasteiger partial charge in [-0.15, -0.1) is 0 Å². The molecular weight excluding hydrogens is 164 g/mol. The Hall–Kier alpha value is -0.830. The first-order valence-electron chi connectivity index (χ1n) is 5.02. The molecule has 1 fully saturated rings. The van der Waals surface area contributed by atoms with Gasteiger partial charge in [0.05, 0.1) is 5.92 Å². The highest BCUT2D eigenvalue weighted by molar-refractivity contribution is 5.79. The predicted molar refractivity (Wildman–Crippen MR) is 51.3 cm³/mol. The Balaban J connectivity index is 1.77. The summed E-state index contributed by atoms with van der Waals surface area (Å²) < 4.78 is 0. The van der Waals surface area contributed by atoms with E-state index in [4.69, 9.17) is 0 Å². The molecule has 2 aliphatic rings. The third kappa shape index (κ3) is 2.10. The highest BCUT2D eigenvalue weighted by Crippen LogP contribution is 2.12. The number of carbonyl (C=O) groups excluding carboxylic acids is 1. The minimum absolute atomic E-state index is 0.209. The Bertz CT molecular complexity index is 211. The maximum absolute atomic E-state index is 11.6. The van der Waals surface area contributed by atoms with E-state index in [0.717, 1.165) is 32.4 Å². The summed E-state index contributed by atoms with van der Waals surface area (Å²) >= 11 is 0. The maximum atomic E-state index is 11.6. The summed E-state index contributed by atoms with van der Waals surface area (Å²) in [6.07, 6.45) is 7.28. The lowest BCUT2D eigenvalue weighted by molar-refractivity contribution is -0.125. The van der Waals surface area contributed by atoms with Crippen molar-refractivity contribution in [2.75, 3.05) is 13.1 Å². The van der Waals surface area contributed by atoms with Gasteiger partial charge in [0.2, 0.25) is 5.91 Å². The van der Waals surface area contributed by atoms with Gasteiger partial charge in [-0.2, -0.15) is 0 Å². The molecule has 1 unspecified atom stereocenters. The fourth-order valence-corrected chi connectivity index (χ4v) is 1.93. The van der Waals surface area contributed by atoms with Crippen LogP contribution in [0.25, 0.3) is 0 Å². The summed E-state index contributed by atoms with van der Waals surface area (Å²) in [5, 5.41) is 6.28. The van der Waals surface area contributed by atoms with Crippen LogP contribution in [0.4, 0.5) is 0 Å². The third-order valence-electron chi connectivity index (χ3n) is 2.79. The first kappa shape index (κ1) is 8.75. The highest BCUT2D eigenvalue weighted by Gasteiger charge is 2.24. The van der Waals surface area contributed by atoms with Crippen LogP contribution in [0.2, 0.25) is 0 Å². The van der Waals surface area contributed by atoms with Crippen molar-refractivity contribution in [2.24, 2.45) is 5.92 Å². The van der Waals surface area contributed by atoms with Crippen LogP contribution in [0.15, 0.2) is 12.2 Å². The second-order valence-corrected chi connectivity index (χ2v) is 3.84. The van der Waals surface area contributed by atoms with Crippen LogP contribution < -0.4 is 10.6 Å². The molecule has 0 radical (unpaired) electrons. The Morgan fingerprint density at radius 1 is 1.38 bits per heavy atom. The molecule has 0 aromatic carbocycles. The second-order valence-electron chi connectivity index (χ2n) is 3.84. The average molecular weight is 180 g/mol. The van der Waals surface area contributed by atoms with Crippen molar-refractivity contribution in [1.29, 1.82) is 0 Å². The number of hydrogen-bond acceptors (Lipinski definition) is 2. The van der Waals surface area contributed by atoms with Gasteiger partial charge in [0.25, 0.3) is 0 Å². The standard InChI is InChI=1S/C10H16N2O/c13-10(8-5-6-11-7-8)12-9-3-1-2-4-9/h1-2,8-9,11H,3-7H2,(H,12,13). The summed E-state index contributed by atoms with van der Waals surface area (Å²) in [4.78, 5) is 11.6. The molecule has 1 aliphatic heterocycles. The molecule has 72 valence electrons. The van der Waals surface area contributed by atoms with Crippen LogP contribution in [-0.4, -0.2) is 25.0 Å². The summed E-state index contributed by atoms with van der Waals surface area (Å²) in [5.41, 5.74) is 0. The van der Waals surface area contributed by atoms with E-state index in [1.807, 2.05) is 0 Å². The lowest BCUT2D eigenvalue weighted by Crippen LogP contribution is -2.38. The Labute approximate surface area is 78.6 Å². The van der Waals surface area contributed by atoms with E-state index in [1.165, 1.54) is 0 Å². The zero-order chi connectivity index (χ0) is 9.10. The zero-order valence-electron chi connectivity index (χ0n) is 7.75. The van der Waals surface area contributed by atoms with Gasteiger partial charge in [-0.05, 0) is 25.8 Å². The summed E-state index contributed by atoms with van der Waals surface area (Å²) in [5.74, 6) is 0.444. The van der Waals surface area contributed by atoms with Crippen molar-refractivity contribution in [3.63, 3.8) is 0 Å². The quantitative estimate of drug-likeness (QED) is 0.605. The Kier molecular flexibility index (Phi) is 2.64.